The average molecular weight is 391 g/mol. The summed E-state index contributed by atoms with van der Waals surface area (Å²) in [5.74, 6) is -0.00466. The molecule has 0 fully saturated rings. The Hall–Kier alpha value is -3.38. The van der Waals surface area contributed by atoms with Crippen LogP contribution >= 0.6 is 12.2 Å². The highest BCUT2D eigenvalue weighted by Crippen LogP contribution is 2.25. The lowest BCUT2D eigenvalue weighted by molar-refractivity contribution is -0.122. The van der Waals surface area contributed by atoms with Crippen molar-refractivity contribution in [2.45, 2.75) is 5.92 Å². The normalized spacial score (nSPS) is 10.2. The van der Waals surface area contributed by atoms with Gasteiger partial charge in [0.1, 0.15) is 5.75 Å². The molecule has 142 valence electrons. The Bertz CT molecular complexity index is 893. The fourth-order valence-corrected chi connectivity index (χ4v) is 3.04. The minimum atomic E-state index is -0.455. The Morgan fingerprint density at radius 3 is 1.93 bits per heavy atom. The van der Waals surface area contributed by atoms with Crippen molar-refractivity contribution in [1.82, 2.24) is 10.9 Å². The number of anilines is 1. The monoisotopic (exact) mass is 391 g/mol. The number of carbonyl (C=O) groups is 1. The molecule has 3 aromatic rings. The topological polar surface area (TPSA) is 62.4 Å². The molecule has 1 amide bonds. The fourth-order valence-electron chi connectivity index (χ4n) is 2.88. The number of rotatable bonds is 5. The quantitative estimate of drug-likeness (QED) is 0.456. The van der Waals surface area contributed by atoms with Gasteiger partial charge < -0.3 is 10.1 Å². The number of methoxy groups -OCH3 is 1. The SMILES string of the molecule is COc1ccccc1NC(=S)NNC(=O)C(c1ccccc1)c1ccccc1. The summed E-state index contributed by atoms with van der Waals surface area (Å²) in [5, 5.41) is 3.28. The summed E-state index contributed by atoms with van der Waals surface area (Å²) in [5.41, 5.74) is 7.98. The number of amides is 1. The average Bonchev–Trinajstić information content (AvgIpc) is 2.74. The van der Waals surface area contributed by atoms with E-state index in [9.17, 15) is 4.79 Å². The molecule has 3 aromatic carbocycles. The van der Waals surface area contributed by atoms with Gasteiger partial charge in [0, 0.05) is 0 Å². The maximum Gasteiger partial charge on any atom is 0.250 e. The van der Waals surface area contributed by atoms with Crippen LogP contribution in [0.2, 0.25) is 0 Å². The molecule has 0 radical (unpaired) electrons. The number of benzene rings is 3. The molecule has 0 spiro atoms. The first kappa shape index (κ1) is 19.4. The third-order valence-corrected chi connectivity index (χ3v) is 4.39. The number of hydrazine groups is 1. The first-order valence-corrected chi connectivity index (χ1v) is 9.19. The Kier molecular flexibility index (Phi) is 6.59. The van der Waals surface area contributed by atoms with Crippen molar-refractivity contribution >= 4 is 28.9 Å². The highest BCUT2D eigenvalue weighted by Gasteiger charge is 2.22. The molecule has 0 aliphatic heterocycles. The number of hydrogen-bond acceptors (Lipinski definition) is 3. The molecule has 5 nitrogen and oxygen atoms in total. The van der Waals surface area contributed by atoms with E-state index in [1.165, 1.54) is 0 Å². The number of para-hydroxylation sites is 2. The van der Waals surface area contributed by atoms with Gasteiger partial charge in [0.15, 0.2) is 5.11 Å². The Morgan fingerprint density at radius 1 is 0.821 bits per heavy atom. The number of ether oxygens (including phenoxy) is 1. The van der Waals surface area contributed by atoms with Crippen LogP contribution < -0.4 is 20.9 Å². The van der Waals surface area contributed by atoms with Crippen LogP contribution in [0.25, 0.3) is 0 Å². The molecule has 0 aliphatic rings. The van der Waals surface area contributed by atoms with E-state index in [-0.39, 0.29) is 11.0 Å². The molecule has 3 N–H and O–H groups in total. The Balaban J connectivity index is 1.70. The van der Waals surface area contributed by atoms with Crippen LogP contribution in [0.15, 0.2) is 84.9 Å². The van der Waals surface area contributed by atoms with Crippen LogP contribution in [0.5, 0.6) is 5.75 Å². The third kappa shape index (κ3) is 4.86. The van der Waals surface area contributed by atoms with Gasteiger partial charge in [-0.05, 0) is 35.5 Å². The van der Waals surface area contributed by atoms with Gasteiger partial charge in [-0.3, -0.25) is 15.6 Å². The first-order chi connectivity index (χ1) is 13.7. The van der Waals surface area contributed by atoms with Gasteiger partial charge in [0.2, 0.25) is 5.91 Å². The number of carbonyl (C=O) groups excluding carboxylic acids is 1. The second-order valence-corrected chi connectivity index (χ2v) is 6.43. The van der Waals surface area contributed by atoms with Crippen molar-refractivity contribution in [2.24, 2.45) is 0 Å². The second kappa shape index (κ2) is 9.53. The van der Waals surface area contributed by atoms with Gasteiger partial charge in [0.25, 0.3) is 0 Å². The maximum atomic E-state index is 12.9. The summed E-state index contributed by atoms with van der Waals surface area (Å²) in [6.07, 6.45) is 0. The molecule has 0 heterocycles. The fraction of sp³-hybridized carbons (Fsp3) is 0.0909. The van der Waals surface area contributed by atoms with Gasteiger partial charge in [-0.15, -0.1) is 0 Å². The summed E-state index contributed by atoms with van der Waals surface area (Å²) in [4.78, 5) is 12.9. The molecule has 0 aromatic heterocycles. The van der Waals surface area contributed by atoms with E-state index in [1.54, 1.807) is 7.11 Å². The lowest BCUT2D eigenvalue weighted by Crippen LogP contribution is -2.45. The molecule has 3 rings (SSSR count). The van der Waals surface area contributed by atoms with Crippen LogP contribution in [-0.4, -0.2) is 18.1 Å². The molecule has 0 bridgehead atoms. The zero-order valence-corrected chi connectivity index (χ0v) is 16.2. The lowest BCUT2D eigenvalue weighted by atomic mass is 9.91. The minimum absolute atomic E-state index is 0.207. The van der Waals surface area contributed by atoms with Gasteiger partial charge in [-0.2, -0.15) is 0 Å². The third-order valence-electron chi connectivity index (χ3n) is 4.18. The lowest BCUT2D eigenvalue weighted by Gasteiger charge is -2.19. The van der Waals surface area contributed by atoms with Crippen LogP contribution in [0, 0.1) is 0 Å². The Labute approximate surface area is 169 Å². The summed E-state index contributed by atoms with van der Waals surface area (Å²) < 4.78 is 5.29. The first-order valence-electron chi connectivity index (χ1n) is 8.79. The summed E-state index contributed by atoms with van der Waals surface area (Å²) >= 11 is 5.29. The van der Waals surface area contributed by atoms with E-state index >= 15 is 0 Å². The van der Waals surface area contributed by atoms with Gasteiger partial charge in [-0.1, -0.05) is 72.8 Å². The highest BCUT2D eigenvalue weighted by atomic mass is 32.1. The van der Waals surface area contributed by atoms with Crippen molar-refractivity contribution in [3.8, 4) is 5.75 Å². The molecule has 0 atom stereocenters. The van der Waals surface area contributed by atoms with Crippen LogP contribution in [0.3, 0.4) is 0 Å². The molecular formula is C22H21N3O2S. The van der Waals surface area contributed by atoms with Crippen molar-refractivity contribution in [3.63, 3.8) is 0 Å². The molecule has 0 aliphatic carbocycles. The standard InChI is InChI=1S/C22H21N3O2S/c1-27-19-15-9-8-14-18(19)23-22(28)25-24-21(26)20(16-10-4-2-5-11-16)17-12-6-3-7-13-17/h2-15,20H,1H3,(H,24,26)(H2,23,25,28). The minimum Gasteiger partial charge on any atom is -0.495 e. The van der Waals surface area contributed by atoms with Crippen molar-refractivity contribution in [2.75, 3.05) is 12.4 Å². The van der Waals surface area contributed by atoms with E-state index < -0.39 is 5.92 Å². The van der Waals surface area contributed by atoms with Crippen molar-refractivity contribution in [3.05, 3.63) is 96.1 Å². The molecular weight excluding hydrogens is 370 g/mol. The molecule has 0 saturated carbocycles. The highest BCUT2D eigenvalue weighted by molar-refractivity contribution is 7.80. The van der Waals surface area contributed by atoms with E-state index in [4.69, 9.17) is 17.0 Å². The zero-order valence-electron chi connectivity index (χ0n) is 15.4. The van der Waals surface area contributed by atoms with Crippen LogP contribution in [0.1, 0.15) is 17.0 Å². The van der Waals surface area contributed by atoms with E-state index in [0.29, 0.717) is 11.4 Å². The maximum absolute atomic E-state index is 12.9. The van der Waals surface area contributed by atoms with Gasteiger partial charge in [0.05, 0.1) is 18.7 Å². The van der Waals surface area contributed by atoms with E-state index in [0.717, 1.165) is 11.1 Å². The van der Waals surface area contributed by atoms with Gasteiger partial charge in [-0.25, -0.2) is 0 Å². The van der Waals surface area contributed by atoms with E-state index in [2.05, 4.69) is 16.2 Å². The van der Waals surface area contributed by atoms with Crippen molar-refractivity contribution in [1.29, 1.82) is 0 Å². The van der Waals surface area contributed by atoms with Crippen molar-refractivity contribution < 1.29 is 9.53 Å². The predicted octanol–water partition coefficient (Wildman–Crippen LogP) is 3.84. The summed E-state index contributed by atoms with van der Waals surface area (Å²) in [6.45, 7) is 0. The predicted molar refractivity (Wildman–Crippen MR) is 115 cm³/mol. The number of thiocarbonyl (C=S) groups is 1. The second-order valence-electron chi connectivity index (χ2n) is 6.02. The molecule has 0 unspecified atom stereocenters. The van der Waals surface area contributed by atoms with E-state index in [1.807, 2.05) is 84.9 Å². The zero-order chi connectivity index (χ0) is 19.8. The van der Waals surface area contributed by atoms with Gasteiger partial charge >= 0.3 is 0 Å². The van der Waals surface area contributed by atoms with Crippen LogP contribution in [0.4, 0.5) is 5.69 Å². The summed E-state index contributed by atoms with van der Waals surface area (Å²) in [7, 11) is 1.59. The Morgan fingerprint density at radius 2 is 1.36 bits per heavy atom. The summed E-state index contributed by atoms with van der Waals surface area (Å²) in [6, 6.07) is 26.6. The largest absolute Gasteiger partial charge is 0.495 e. The smallest absolute Gasteiger partial charge is 0.250 e. The number of nitrogens with one attached hydrogen (secondary N) is 3. The van der Waals surface area contributed by atoms with Crippen LogP contribution in [-0.2, 0) is 4.79 Å². The molecule has 28 heavy (non-hydrogen) atoms. The number of hydrogen-bond donors (Lipinski definition) is 3. The molecule has 6 heteroatoms. The molecule has 0 saturated heterocycles.